The van der Waals surface area contributed by atoms with Crippen molar-refractivity contribution in [3.05, 3.63) is 18.0 Å². The summed E-state index contributed by atoms with van der Waals surface area (Å²) in [5, 5.41) is 12.7. The third-order valence-corrected chi connectivity index (χ3v) is 5.16. The fraction of sp³-hybridized carbons (Fsp3) is 0.652. The number of pyridine rings is 1. The standard InChI is InChI=1S/C23H34N2O9/c1-6-7-10-32-17-12-31-11-15(23(29)33-14(4)20(17)34-22(28)13(2)3)25-21(27)18-19(26)16(30-5)8-9-24-18/h8-9,13-15,17,20,26H,6-7,10-12H2,1-5H3,(H,25,27)/t14-,15-,17-,20-/m0/s1. The van der Waals surface area contributed by atoms with E-state index >= 15 is 0 Å². The van der Waals surface area contributed by atoms with Crippen LogP contribution in [0.1, 0.15) is 51.0 Å². The molecule has 34 heavy (non-hydrogen) atoms. The van der Waals surface area contributed by atoms with Crippen LogP contribution in [-0.4, -0.2) is 79.2 Å². The molecule has 2 heterocycles. The average Bonchev–Trinajstić information content (AvgIpc) is 2.84. The average molecular weight is 483 g/mol. The Labute approximate surface area is 199 Å². The molecule has 4 atom stereocenters. The number of aromatic nitrogens is 1. The number of hydrogen-bond donors (Lipinski definition) is 2. The highest BCUT2D eigenvalue weighted by Gasteiger charge is 2.38. The van der Waals surface area contributed by atoms with E-state index < -0.39 is 47.9 Å². The lowest BCUT2D eigenvalue weighted by atomic mass is 10.1. The number of rotatable bonds is 9. The minimum absolute atomic E-state index is 0.00969. The van der Waals surface area contributed by atoms with Crippen molar-refractivity contribution in [2.24, 2.45) is 5.92 Å². The molecule has 190 valence electrons. The number of unbranched alkanes of at least 4 members (excludes halogenated alkanes) is 1. The van der Waals surface area contributed by atoms with Gasteiger partial charge >= 0.3 is 11.9 Å². The van der Waals surface area contributed by atoms with Crippen LogP contribution in [0, 0.1) is 5.92 Å². The molecule has 1 aliphatic rings. The molecule has 1 aromatic rings. The maximum atomic E-state index is 12.8. The summed E-state index contributed by atoms with van der Waals surface area (Å²) in [4.78, 5) is 41.7. The van der Waals surface area contributed by atoms with E-state index in [9.17, 15) is 19.5 Å². The highest BCUT2D eigenvalue weighted by Crippen LogP contribution is 2.27. The lowest BCUT2D eigenvalue weighted by Crippen LogP contribution is -2.47. The summed E-state index contributed by atoms with van der Waals surface area (Å²) < 4.78 is 27.7. The third-order valence-electron chi connectivity index (χ3n) is 5.16. The highest BCUT2D eigenvalue weighted by atomic mass is 16.6. The lowest BCUT2D eigenvalue weighted by Gasteiger charge is -2.30. The van der Waals surface area contributed by atoms with E-state index in [4.69, 9.17) is 23.7 Å². The number of cyclic esters (lactones) is 1. The Kier molecular flexibility index (Phi) is 10.5. The second-order valence-corrected chi connectivity index (χ2v) is 8.23. The molecule has 2 rings (SSSR count). The molecular formula is C23H34N2O9. The second-order valence-electron chi connectivity index (χ2n) is 8.23. The van der Waals surface area contributed by atoms with Gasteiger partial charge in [-0.3, -0.25) is 9.59 Å². The molecule has 11 nitrogen and oxygen atoms in total. The van der Waals surface area contributed by atoms with Crippen LogP contribution in [0.2, 0.25) is 0 Å². The Morgan fingerprint density at radius 2 is 2.06 bits per heavy atom. The normalized spacial score (nSPS) is 23.3. The number of methoxy groups -OCH3 is 1. The number of carbonyl (C=O) groups excluding carboxylic acids is 3. The van der Waals surface area contributed by atoms with Gasteiger partial charge in [0.15, 0.2) is 29.3 Å². The molecule has 11 heteroatoms. The summed E-state index contributed by atoms with van der Waals surface area (Å²) in [5.41, 5.74) is -0.315. The smallest absolute Gasteiger partial charge is 0.331 e. The molecule has 1 amide bonds. The minimum atomic E-state index is -1.20. The van der Waals surface area contributed by atoms with Gasteiger partial charge in [0.2, 0.25) is 0 Å². The van der Waals surface area contributed by atoms with E-state index in [-0.39, 0.29) is 30.6 Å². The zero-order chi connectivity index (χ0) is 25.3. The number of ether oxygens (including phenoxy) is 5. The Hall–Kier alpha value is -2.92. The molecule has 0 saturated carbocycles. The first-order chi connectivity index (χ1) is 16.2. The van der Waals surface area contributed by atoms with Gasteiger partial charge in [0.1, 0.15) is 12.2 Å². The molecule has 0 aliphatic carbocycles. The van der Waals surface area contributed by atoms with Gasteiger partial charge in [0, 0.05) is 18.9 Å². The van der Waals surface area contributed by atoms with Gasteiger partial charge in [-0.25, -0.2) is 9.78 Å². The van der Waals surface area contributed by atoms with Gasteiger partial charge in [0.05, 0.1) is 26.2 Å². The first-order valence-electron chi connectivity index (χ1n) is 11.3. The predicted molar refractivity (Wildman–Crippen MR) is 119 cm³/mol. The van der Waals surface area contributed by atoms with Crippen LogP contribution in [0.3, 0.4) is 0 Å². The number of aromatic hydroxyl groups is 1. The van der Waals surface area contributed by atoms with Crippen LogP contribution in [0.5, 0.6) is 11.5 Å². The molecule has 1 saturated heterocycles. The van der Waals surface area contributed by atoms with Crippen LogP contribution in [0.25, 0.3) is 0 Å². The number of nitrogens with one attached hydrogen (secondary N) is 1. The molecule has 1 fully saturated rings. The van der Waals surface area contributed by atoms with Crippen molar-refractivity contribution in [1.82, 2.24) is 10.3 Å². The van der Waals surface area contributed by atoms with Gasteiger partial charge in [-0.2, -0.15) is 0 Å². The molecule has 0 spiro atoms. The van der Waals surface area contributed by atoms with Crippen LogP contribution in [0.4, 0.5) is 0 Å². The maximum Gasteiger partial charge on any atom is 0.331 e. The maximum absolute atomic E-state index is 12.8. The number of nitrogens with zero attached hydrogens (tertiary/aromatic N) is 1. The Morgan fingerprint density at radius 3 is 2.71 bits per heavy atom. The molecule has 0 aromatic carbocycles. The second kappa shape index (κ2) is 13.1. The van der Waals surface area contributed by atoms with Crippen LogP contribution in [0.15, 0.2) is 12.3 Å². The zero-order valence-corrected chi connectivity index (χ0v) is 20.2. The first kappa shape index (κ1) is 27.3. The summed E-state index contributed by atoms with van der Waals surface area (Å²) in [6.45, 7) is 7.21. The van der Waals surface area contributed by atoms with E-state index in [1.807, 2.05) is 6.92 Å². The fourth-order valence-electron chi connectivity index (χ4n) is 3.16. The van der Waals surface area contributed by atoms with Gasteiger partial charge in [-0.15, -0.1) is 0 Å². The van der Waals surface area contributed by atoms with Crippen molar-refractivity contribution < 1.29 is 43.2 Å². The monoisotopic (exact) mass is 482 g/mol. The van der Waals surface area contributed by atoms with Crippen molar-refractivity contribution in [3.63, 3.8) is 0 Å². The quantitative estimate of drug-likeness (QED) is 0.394. The topological polar surface area (TPSA) is 143 Å². The van der Waals surface area contributed by atoms with E-state index in [0.717, 1.165) is 12.8 Å². The van der Waals surface area contributed by atoms with Gasteiger partial charge in [-0.05, 0) is 13.3 Å². The number of hydrogen-bond acceptors (Lipinski definition) is 10. The summed E-state index contributed by atoms with van der Waals surface area (Å²) in [5.74, 6) is -2.85. The number of esters is 2. The summed E-state index contributed by atoms with van der Waals surface area (Å²) in [6.07, 6.45) is 0.564. The molecular weight excluding hydrogens is 448 g/mol. The summed E-state index contributed by atoms with van der Waals surface area (Å²) in [7, 11) is 1.34. The number of carbonyl (C=O) groups is 3. The van der Waals surface area contributed by atoms with Crippen LogP contribution in [-0.2, 0) is 28.5 Å². The van der Waals surface area contributed by atoms with Crippen molar-refractivity contribution in [2.75, 3.05) is 26.9 Å². The molecule has 0 unspecified atom stereocenters. The van der Waals surface area contributed by atoms with Crippen LogP contribution < -0.4 is 10.1 Å². The van der Waals surface area contributed by atoms with Crippen molar-refractivity contribution in [1.29, 1.82) is 0 Å². The molecule has 2 N–H and O–H groups in total. The molecule has 1 aliphatic heterocycles. The summed E-state index contributed by atoms with van der Waals surface area (Å²) in [6, 6.07) is 0.195. The Morgan fingerprint density at radius 1 is 1.32 bits per heavy atom. The van der Waals surface area contributed by atoms with Crippen molar-refractivity contribution in [2.45, 2.75) is 64.9 Å². The van der Waals surface area contributed by atoms with Crippen LogP contribution >= 0.6 is 0 Å². The van der Waals surface area contributed by atoms with Crippen molar-refractivity contribution in [3.8, 4) is 11.5 Å². The van der Waals surface area contributed by atoms with Gasteiger partial charge < -0.3 is 34.1 Å². The number of amides is 1. The third kappa shape index (κ3) is 7.29. The van der Waals surface area contributed by atoms with E-state index in [1.165, 1.54) is 19.4 Å². The fourth-order valence-corrected chi connectivity index (χ4v) is 3.16. The van der Waals surface area contributed by atoms with Crippen molar-refractivity contribution >= 4 is 17.8 Å². The largest absolute Gasteiger partial charge is 0.503 e. The predicted octanol–water partition coefficient (Wildman–Crippen LogP) is 1.61. The zero-order valence-electron chi connectivity index (χ0n) is 20.2. The molecule has 1 aromatic heterocycles. The first-order valence-corrected chi connectivity index (χ1v) is 11.3. The highest BCUT2D eigenvalue weighted by molar-refractivity contribution is 5.98. The SMILES string of the molecule is CCCCO[C@H]1COC[C@H](NC(=O)c2nccc(OC)c2O)C(=O)O[C@@H](C)[C@@H]1OC(=O)C(C)C. The Balaban J connectivity index is 2.19. The van der Waals surface area contributed by atoms with Gasteiger partial charge in [-0.1, -0.05) is 27.2 Å². The Bertz CT molecular complexity index is 846. The van der Waals surface area contributed by atoms with E-state index in [2.05, 4.69) is 10.3 Å². The molecule has 0 radical (unpaired) electrons. The van der Waals surface area contributed by atoms with E-state index in [0.29, 0.717) is 6.61 Å². The van der Waals surface area contributed by atoms with E-state index in [1.54, 1.807) is 20.8 Å². The van der Waals surface area contributed by atoms with Gasteiger partial charge in [0.25, 0.3) is 5.91 Å². The minimum Gasteiger partial charge on any atom is -0.503 e. The lowest BCUT2D eigenvalue weighted by molar-refractivity contribution is -0.183. The summed E-state index contributed by atoms with van der Waals surface area (Å²) >= 11 is 0. The molecule has 0 bridgehead atoms.